The summed E-state index contributed by atoms with van der Waals surface area (Å²) in [6.07, 6.45) is 5.93. The highest BCUT2D eigenvalue weighted by Gasteiger charge is 2.30. The molecule has 0 spiro atoms. The lowest BCUT2D eigenvalue weighted by atomic mass is 9.81. The summed E-state index contributed by atoms with van der Waals surface area (Å²) < 4.78 is 6.06. The SMILES string of the molecule is CCC(Oc1ccc2c(c1)CCCC2)C(=O)NC(C)(C)CC(C)(C)C. The molecular formula is C22H35NO2. The Bertz CT molecular complexity index is 599. The average Bonchev–Trinajstić information content (AvgIpc) is 2.49. The maximum absolute atomic E-state index is 12.7. The summed E-state index contributed by atoms with van der Waals surface area (Å²) in [5.74, 6) is 0.797. The van der Waals surface area contributed by atoms with E-state index in [0.29, 0.717) is 6.42 Å². The Morgan fingerprint density at radius 1 is 1.12 bits per heavy atom. The maximum Gasteiger partial charge on any atom is 0.261 e. The molecule has 1 unspecified atom stereocenters. The van der Waals surface area contributed by atoms with Crippen molar-refractivity contribution < 1.29 is 9.53 Å². The van der Waals surface area contributed by atoms with E-state index in [1.54, 1.807) is 0 Å². The molecule has 0 saturated carbocycles. The van der Waals surface area contributed by atoms with Gasteiger partial charge in [0.05, 0.1) is 0 Å². The normalized spacial score (nSPS) is 16.1. The zero-order chi connectivity index (χ0) is 18.7. The minimum absolute atomic E-state index is 0.0190. The number of amides is 1. The van der Waals surface area contributed by atoms with Crippen LogP contribution >= 0.6 is 0 Å². The highest BCUT2D eigenvalue weighted by molar-refractivity contribution is 5.81. The minimum Gasteiger partial charge on any atom is -0.481 e. The van der Waals surface area contributed by atoms with Crippen molar-refractivity contribution in [1.29, 1.82) is 0 Å². The summed E-state index contributed by atoms with van der Waals surface area (Å²) in [4.78, 5) is 12.7. The number of carbonyl (C=O) groups excluding carboxylic acids is 1. The van der Waals surface area contributed by atoms with Gasteiger partial charge in [-0.15, -0.1) is 0 Å². The van der Waals surface area contributed by atoms with Gasteiger partial charge in [0, 0.05) is 5.54 Å². The zero-order valence-corrected chi connectivity index (χ0v) is 16.9. The fourth-order valence-corrected chi connectivity index (χ4v) is 4.05. The Balaban J connectivity index is 2.03. The Labute approximate surface area is 153 Å². The Morgan fingerprint density at radius 3 is 2.36 bits per heavy atom. The molecule has 1 aromatic carbocycles. The largest absolute Gasteiger partial charge is 0.481 e. The zero-order valence-electron chi connectivity index (χ0n) is 16.9. The third-order valence-electron chi connectivity index (χ3n) is 4.70. The van der Waals surface area contributed by atoms with Crippen molar-refractivity contribution in [2.75, 3.05) is 0 Å². The monoisotopic (exact) mass is 345 g/mol. The Morgan fingerprint density at radius 2 is 1.76 bits per heavy atom. The van der Waals surface area contributed by atoms with E-state index in [4.69, 9.17) is 4.74 Å². The molecule has 1 aromatic rings. The lowest BCUT2D eigenvalue weighted by Crippen LogP contribution is -2.50. The number of hydrogen-bond acceptors (Lipinski definition) is 2. The summed E-state index contributed by atoms with van der Waals surface area (Å²) in [5.41, 5.74) is 2.73. The second-order valence-corrected chi connectivity index (χ2v) is 9.26. The first-order chi connectivity index (χ1) is 11.6. The van der Waals surface area contributed by atoms with Crippen molar-refractivity contribution in [1.82, 2.24) is 5.32 Å². The number of benzene rings is 1. The van der Waals surface area contributed by atoms with Crippen molar-refractivity contribution in [2.45, 2.75) is 91.7 Å². The van der Waals surface area contributed by atoms with E-state index in [1.807, 2.05) is 13.0 Å². The van der Waals surface area contributed by atoms with Crippen molar-refractivity contribution in [3.63, 3.8) is 0 Å². The van der Waals surface area contributed by atoms with Crippen molar-refractivity contribution in [2.24, 2.45) is 5.41 Å². The molecule has 3 nitrogen and oxygen atoms in total. The number of ether oxygens (including phenoxy) is 1. The lowest BCUT2D eigenvalue weighted by Gasteiger charge is -2.34. The second-order valence-electron chi connectivity index (χ2n) is 9.26. The van der Waals surface area contributed by atoms with Crippen LogP contribution in [0, 0.1) is 5.41 Å². The molecule has 0 saturated heterocycles. The van der Waals surface area contributed by atoms with E-state index in [9.17, 15) is 4.79 Å². The summed E-state index contributed by atoms with van der Waals surface area (Å²) in [5, 5.41) is 3.18. The van der Waals surface area contributed by atoms with Gasteiger partial charge in [-0.25, -0.2) is 0 Å². The number of rotatable bonds is 6. The summed E-state index contributed by atoms with van der Waals surface area (Å²) in [6, 6.07) is 6.31. The molecule has 0 radical (unpaired) electrons. The van der Waals surface area contributed by atoms with E-state index in [0.717, 1.165) is 25.0 Å². The fraction of sp³-hybridized carbons (Fsp3) is 0.682. The van der Waals surface area contributed by atoms with Gasteiger partial charge in [-0.05, 0) is 81.0 Å². The van der Waals surface area contributed by atoms with Crippen LogP contribution in [0.3, 0.4) is 0 Å². The molecule has 0 aliphatic heterocycles. The van der Waals surface area contributed by atoms with E-state index >= 15 is 0 Å². The van der Waals surface area contributed by atoms with Crippen LogP contribution in [0.5, 0.6) is 5.75 Å². The molecule has 1 amide bonds. The third-order valence-corrected chi connectivity index (χ3v) is 4.70. The van der Waals surface area contributed by atoms with Crippen LogP contribution in [0.1, 0.15) is 78.4 Å². The molecule has 0 aromatic heterocycles. The van der Waals surface area contributed by atoms with E-state index in [-0.39, 0.29) is 16.9 Å². The number of aryl methyl sites for hydroxylation is 2. The molecule has 1 aliphatic rings. The maximum atomic E-state index is 12.7. The van der Waals surface area contributed by atoms with Crippen molar-refractivity contribution >= 4 is 5.91 Å². The van der Waals surface area contributed by atoms with E-state index < -0.39 is 6.10 Å². The first-order valence-electron chi connectivity index (χ1n) is 9.70. The smallest absolute Gasteiger partial charge is 0.261 e. The minimum atomic E-state index is -0.444. The molecule has 1 atom stereocenters. The van der Waals surface area contributed by atoms with E-state index in [2.05, 4.69) is 52.1 Å². The van der Waals surface area contributed by atoms with Crippen LogP contribution in [0.25, 0.3) is 0 Å². The predicted molar refractivity (Wildman–Crippen MR) is 104 cm³/mol. The fourth-order valence-electron chi connectivity index (χ4n) is 4.05. The Kier molecular flexibility index (Phi) is 6.18. The van der Waals surface area contributed by atoms with Gasteiger partial charge in [-0.1, -0.05) is 33.8 Å². The first kappa shape index (κ1) is 19.8. The highest BCUT2D eigenvalue weighted by Crippen LogP contribution is 2.28. The first-order valence-corrected chi connectivity index (χ1v) is 9.70. The van der Waals surface area contributed by atoms with Gasteiger partial charge in [0.25, 0.3) is 5.91 Å². The molecule has 2 rings (SSSR count). The molecule has 0 bridgehead atoms. The molecule has 140 valence electrons. The standard InChI is InChI=1S/C22H35NO2/c1-7-19(20(24)23-22(5,6)15-21(2,3)4)25-18-13-12-16-10-8-9-11-17(16)14-18/h12-14,19H,7-11,15H2,1-6H3,(H,23,24). The molecule has 1 aliphatic carbocycles. The van der Waals surface area contributed by atoms with Crippen LogP contribution < -0.4 is 10.1 Å². The topological polar surface area (TPSA) is 38.3 Å². The number of carbonyl (C=O) groups is 1. The van der Waals surface area contributed by atoms with Crippen molar-refractivity contribution in [3.8, 4) is 5.75 Å². The van der Waals surface area contributed by atoms with Gasteiger partial charge in [0.1, 0.15) is 5.75 Å². The van der Waals surface area contributed by atoms with Gasteiger partial charge in [-0.2, -0.15) is 0 Å². The van der Waals surface area contributed by atoms with Crippen LogP contribution in [0.4, 0.5) is 0 Å². The van der Waals surface area contributed by atoms with Gasteiger partial charge in [0.2, 0.25) is 0 Å². The van der Waals surface area contributed by atoms with Gasteiger partial charge < -0.3 is 10.1 Å². The third kappa shape index (κ3) is 6.05. The molecule has 0 heterocycles. The average molecular weight is 346 g/mol. The number of nitrogens with one attached hydrogen (secondary N) is 1. The molecule has 3 heteroatoms. The lowest BCUT2D eigenvalue weighted by molar-refractivity contribution is -0.130. The van der Waals surface area contributed by atoms with Gasteiger partial charge in [-0.3, -0.25) is 4.79 Å². The van der Waals surface area contributed by atoms with Crippen LogP contribution in [-0.2, 0) is 17.6 Å². The highest BCUT2D eigenvalue weighted by atomic mass is 16.5. The Hall–Kier alpha value is -1.51. The summed E-state index contributed by atoms with van der Waals surface area (Å²) in [7, 11) is 0. The second kappa shape index (κ2) is 7.80. The van der Waals surface area contributed by atoms with Crippen LogP contribution in [0.15, 0.2) is 18.2 Å². The van der Waals surface area contributed by atoms with Crippen LogP contribution in [-0.4, -0.2) is 17.6 Å². The van der Waals surface area contributed by atoms with E-state index in [1.165, 1.54) is 24.0 Å². The van der Waals surface area contributed by atoms with Crippen molar-refractivity contribution in [3.05, 3.63) is 29.3 Å². The number of hydrogen-bond donors (Lipinski definition) is 1. The van der Waals surface area contributed by atoms with Gasteiger partial charge >= 0.3 is 0 Å². The molecular weight excluding hydrogens is 310 g/mol. The molecule has 0 fully saturated rings. The number of fused-ring (bicyclic) bond motifs is 1. The predicted octanol–water partition coefficient (Wildman–Crippen LogP) is 5.05. The quantitative estimate of drug-likeness (QED) is 0.783. The summed E-state index contributed by atoms with van der Waals surface area (Å²) >= 11 is 0. The summed E-state index contributed by atoms with van der Waals surface area (Å²) in [6.45, 7) is 12.8. The van der Waals surface area contributed by atoms with Crippen LogP contribution in [0.2, 0.25) is 0 Å². The van der Waals surface area contributed by atoms with Gasteiger partial charge in [0.15, 0.2) is 6.10 Å². The molecule has 25 heavy (non-hydrogen) atoms. The molecule has 1 N–H and O–H groups in total.